The van der Waals surface area contributed by atoms with Crippen LogP contribution >= 0.6 is 23.2 Å². The molecule has 0 aliphatic rings. The van der Waals surface area contributed by atoms with Gasteiger partial charge in [0.05, 0.1) is 0 Å². The van der Waals surface area contributed by atoms with Gasteiger partial charge in [-0.05, 0) is 29.7 Å². The maximum Gasteiger partial charge on any atom is 0.225 e. The van der Waals surface area contributed by atoms with Gasteiger partial charge in [-0.15, -0.1) is 0 Å². The molecule has 0 atom stereocenters. The molecule has 0 saturated carbocycles. The second-order valence-corrected chi connectivity index (χ2v) is 5.18. The van der Waals surface area contributed by atoms with E-state index in [0.29, 0.717) is 22.5 Å². The Bertz CT molecular complexity index is 555. The van der Waals surface area contributed by atoms with Crippen molar-refractivity contribution >= 4 is 29.2 Å². The van der Waals surface area contributed by atoms with Crippen molar-refractivity contribution < 1.29 is 0 Å². The second-order valence-electron chi connectivity index (χ2n) is 4.34. The first-order valence-electron chi connectivity index (χ1n) is 6.06. The zero-order valence-corrected chi connectivity index (χ0v) is 12.4. The van der Waals surface area contributed by atoms with E-state index in [-0.39, 0.29) is 0 Å². The Morgan fingerprint density at radius 3 is 2.42 bits per heavy atom. The van der Waals surface area contributed by atoms with Crippen LogP contribution in [0, 0.1) is 0 Å². The number of aromatic nitrogens is 2. The van der Waals surface area contributed by atoms with Crippen molar-refractivity contribution in [3.05, 3.63) is 51.8 Å². The van der Waals surface area contributed by atoms with Crippen molar-refractivity contribution in [2.45, 2.75) is 19.9 Å². The van der Waals surface area contributed by atoms with Crippen LogP contribution in [0.15, 0.2) is 30.6 Å². The lowest BCUT2D eigenvalue weighted by Gasteiger charge is -2.17. The van der Waals surface area contributed by atoms with E-state index in [9.17, 15) is 0 Å². The van der Waals surface area contributed by atoms with Crippen LogP contribution in [0.4, 0.5) is 5.95 Å². The van der Waals surface area contributed by atoms with Gasteiger partial charge in [0.25, 0.3) is 0 Å². The van der Waals surface area contributed by atoms with Crippen LogP contribution in [0.25, 0.3) is 0 Å². The summed E-state index contributed by atoms with van der Waals surface area (Å²) in [7, 11) is 1.94. The minimum Gasteiger partial charge on any atom is -0.340 e. The summed E-state index contributed by atoms with van der Waals surface area (Å²) in [5.74, 6) is 0.684. The van der Waals surface area contributed by atoms with Gasteiger partial charge in [-0.25, -0.2) is 9.97 Å². The lowest BCUT2D eigenvalue weighted by Crippen LogP contribution is -2.19. The monoisotopic (exact) mass is 295 g/mol. The fraction of sp³-hybridized carbons (Fsp3) is 0.286. The molecule has 1 heterocycles. The van der Waals surface area contributed by atoms with Gasteiger partial charge in [-0.3, -0.25) is 0 Å². The molecule has 2 aromatic rings. The van der Waals surface area contributed by atoms with E-state index in [1.165, 1.54) is 0 Å². The van der Waals surface area contributed by atoms with Gasteiger partial charge < -0.3 is 4.90 Å². The summed E-state index contributed by atoms with van der Waals surface area (Å²) >= 11 is 12.0. The predicted molar refractivity (Wildman–Crippen MR) is 80.0 cm³/mol. The molecule has 0 radical (unpaired) electrons. The Kier molecular flexibility index (Phi) is 4.61. The molecule has 100 valence electrons. The molecule has 1 aromatic heterocycles. The Morgan fingerprint density at radius 2 is 1.84 bits per heavy atom. The van der Waals surface area contributed by atoms with E-state index >= 15 is 0 Å². The summed E-state index contributed by atoms with van der Waals surface area (Å²) < 4.78 is 0. The van der Waals surface area contributed by atoms with Crippen LogP contribution in [-0.4, -0.2) is 17.0 Å². The molecule has 0 unspecified atom stereocenters. The Balaban J connectivity index is 2.13. The number of nitrogens with zero attached hydrogens (tertiary/aromatic N) is 3. The van der Waals surface area contributed by atoms with Gasteiger partial charge in [-0.2, -0.15) is 0 Å². The number of halogens is 2. The molecule has 0 N–H and O–H groups in total. The Hall–Kier alpha value is -1.32. The average Bonchev–Trinajstić information content (AvgIpc) is 2.42. The van der Waals surface area contributed by atoms with Gasteiger partial charge in [0, 0.05) is 36.0 Å². The second kappa shape index (κ2) is 6.22. The molecule has 0 fully saturated rings. The summed E-state index contributed by atoms with van der Waals surface area (Å²) in [6.07, 6.45) is 4.64. The molecular formula is C14H15Cl2N3. The molecule has 1 aromatic carbocycles. The van der Waals surface area contributed by atoms with Crippen LogP contribution in [0.5, 0.6) is 0 Å². The zero-order valence-electron chi connectivity index (χ0n) is 10.9. The molecule has 0 amide bonds. The van der Waals surface area contributed by atoms with Gasteiger partial charge in [0.2, 0.25) is 5.95 Å². The summed E-state index contributed by atoms with van der Waals surface area (Å²) in [5.41, 5.74) is 2.12. The first-order valence-corrected chi connectivity index (χ1v) is 6.81. The number of rotatable bonds is 4. The largest absolute Gasteiger partial charge is 0.340 e. The van der Waals surface area contributed by atoms with Crippen molar-refractivity contribution in [3.63, 3.8) is 0 Å². The van der Waals surface area contributed by atoms with E-state index in [0.717, 1.165) is 17.5 Å². The lowest BCUT2D eigenvalue weighted by molar-refractivity contribution is 0.859. The van der Waals surface area contributed by atoms with Crippen molar-refractivity contribution in [2.75, 3.05) is 11.9 Å². The van der Waals surface area contributed by atoms with Gasteiger partial charge in [-0.1, -0.05) is 36.2 Å². The van der Waals surface area contributed by atoms with Crippen LogP contribution < -0.4 is 4.90 Å². The number of hydrogen-bond acceptors (Lipinski definition) is 3. The summed E-state index contributed by atoms with van der Waals surface area (Å²) in [4.78, 5) is 10.6. The fourth-order valence-corrected chi connectivity index (χ4v) is 2.17. The van der Waals surface area contributed by atoms with Crippen molar-refractivity contribution in [3.8, 4) is 0 Å². The maximum absolute atomic E-state index is 6.16. The van der Waals surface area contributed by atoms with Crippen LogP contribution in [-0.2, 0) is 13.0 Å². The van der Waals surface area contributed by atoms with E-state index in [4.69, 9.17) is 23.2 Å². The highest BCUT2D eigenvalue weighted by Gasteiger charge is 2.08. The SMILES string of the molecule is CCc1cnc(N(C)Cc2ccc(Cl)cc2Cl)nc1. The number of benzene rings is 1. The van der Waals surface area contributed by atoms with E-state index in [1.54, 1.807) is 6.07 Å². The van der Waals surface area contributed by atoms with Crippen LogP contribution in [0.1, 0.15) is 18.1 Å². The quantitative estimate of drug-likeness (QED) is 0.854. The van der Waals surface area contributed by atoms with Gasteiger partial charge >= 0.3 is 0 Å². The van der Waals surface area contributed by atoms with E-state index in [2.05, 4.69) is 16.9 Å². The van der Waals surface area contributed by atoms with Crippen molar-refractivity contribution in [1.29, 1.82) is 0 Å². The number of aryl methyl sites for hydroxylation is 1. The predicted octanol–water partition coefficient (Wildman–Crippen LogP) is 3.98. The van der Waals surface area contributed by atoms with Crippen LogP contribution in [0.2, 0.25) is 10.0 Å². The zero-order chi connectivity index (χ0) is 13.8. The standard InChI is InChI=1S/C14H15Cl2N3/c1-3-10-7-17-14(18-8-10)19(2)9-11-4-5-12(15)6-13(11)16/h4-8H,3,9H2,1-2H3. The normalized spacial score (nSPS) is 10.5. The molecule has 0 aliphatic carbocycles. The summed E-state index contributed by atoms with van der Waals surface area (Å²) in [5, 5.41) is 1.30. The van der Waals surface area contributed by atoms with Gasteiger partial charge in [0.1, 0.15) is 0 Å². The molecular weight excluding hydrogens is 281 g/mol. The third-order valence-corrected chi connectivity index (χ3v) is 3.45. The van der Waals surface area contributed by atoms with Crippen LogP contribution in [0.3, 0.4) is 0 Å². The highest BCUT2D eigenvalue weighted by atomic mass is 35.5. The highest BCUT2D eigenvalue weighted by molar-refractivity contribution is 6.35. The molecule has 0 aliphatic heterocycles. The summed E-state index contributed by atoms with van der Waals surface area (Å²) in [6.45, 7) is 2.72. The first kappa shape index (κ1) is 14.1. The summed E-state index contributed by atoms with van der Waals surface area (Å²) in [6, 6.07) is 5.49. The van der Waals surface area contributed by atoms with E-state index in [1.807, 2.05) is 36.5 Å². The smallest absolute Gasteiger partial charge is 0.225 e. The molecule has 2 rings (SSSR count). The Morgan fingerprint density at radius 1 is 1.16 bits per heavy atom. The van der Waals surface area contributed by atoms with Gasteiger partial charge in [0.15, 0.2) is 0 Å². The van der Waals surface area contributed by atoms with E-state index < -0.39 is 0 Å². The third-order valence-electron chi connectivity index (χ3n) is 2.86. The molecule has 0 bridgehead atoms. The first-order chi connectivity index (χ1) is 9.10. The molecule has 19 heavy (non-hydrogen) atoms. The minimum absolute atomic E-state index is 0.639. The average molecular weight is 296 g/mol. The Labute approximate surface area is 123 Å². The molecule has 5 heteroatoms. The minimum atomic E-state index is 0.639. The molecule has 3 nitrogen and oxygen atoms in total. The number of anilines is 1. The van der Waals surface area contributed by atoms with Crippen molar-refractivity contribution in [1.82, 2.24) is 9.97 Å². The number of hydrogen-bond donors (Lipinski definition) is 0. The third kappa shape index (κ3) is 3.58. The van der Waals surface area contributed by atoms with Crippen molar-refractivity contribution in [2.24, 2.45) is 0 Å². The molecule has 0 spiro atoms. The molecule has 0 saturated heterocycles. The topological polar surface area (TPSA) is 29.0 Å². The maximum atomic E-state index is 6.16. The highest BCUT2D eigenvalue weighted by Crippen LogP contribution is 2.22. The fourth-order valence-electron chi connectivity index (χ4n) is 1.70. The lowest BCUT2D eigenvalue weighted by atomic mass is 10.2.